The summed E-state index contributed by atoms with van der Waals surface area (Å²) in [5.41, 5.74) is 5.03. The van der Waals surface area contributed by atoms with Crippen molar-refractivity contribution < 1.29 is 4.79 Å². The van der Waals surface area contributed by atoms with E-state index >= 15 is 0 Å². The molecule has 1 N–H and O–H groups in total. The lowest BCUT2D eigenvalue weighted by molar-refractivity contribution is 0.102. The van der Waals surface area contributed by atoms with E-state index in [2.05, 4.69) is 21.2 Å². The van der Waals surface area contributed by atoms with Gasteiger partial charge < -0.3 is 5.32 Å². The molecule has 0 radical (unpaired) electrons. The molecule has 4 aromatic rings. The number of halogens is 1. The lowest BCUT2D eigenvalue weighted by Gasteiger charge is -2.11. The molecule has 0 saturated carbocycles. The zero-order chi connectivity index (χ0) is 18.8. The van der Waals surface area contributed by atoms with Gasteiger partial charge in [-0.15, -0.1) is 0 Å². The van der Waals surface area contributed by atoms with Crippen molar-refractivity contribution in [1.29, 1.82) is 0 Å². The summed E-state index contributed by atoms with van der Waals surface area (Å²) in [6.07, 6.45) is 0. The molecular weight excluding hydrogens is 400 g/mol. The second-order valence-corrected chi connectivity index (χ2v) is 7.32. The van der Waals surface area contributed by atoms with Crippen LogP contribution in [0.15, 0.2) is 83.3 Å². The highest BCUT2D eigenvalue weighted by molar-refractivity contribution is 9.10. The molecule has 0 aliphatic carbocycles. The molecular formula is C23H17BrN2O. The van der Waals surface area contributed by atoms with Crippen molar-refractivity contribution in [3.8, 4) is 11.3 Å². The quantitative estimate of drug-likeness (QED) is 0.430. The third-order valence-electron chi connectivity index (χ3n) is 4.38. The Morgan fingerprint density at radius 2 is 1.70 bits per heavy atom. The molecule has 0 spiro atoms. The van der Waals surface area contributed by atoms with Crippen molar-refractivity contribution in [2.45, 2.75) is 6.92 Å². The van der Waals surface area contributed by atoms with Gasteiger partial charge in [0, 0.05) is 21.1 Å². The van der Waals surface area contributed by atoms with Crippen LogP contribution in [-0.2, 0) is 0 Å². The molecule has 4 heteroatoms. The van der Waals surface area contributed by atoms with Crippen molar-refractivity contribution in [3.63, 3.8) is 0 Å². The highest BCUT2D eigenvalue weighted by atomic mass is 79.9. The number of fused-ring (bicyclic) bond motifs is 1. The van der Waals surface area contributed by atoms with Gasteiger partial charge in [0.2, 0.25) is 0 Å². The standard InChI is InChI=1S/C23H17BrN2O/c1-15-5-4-6-18(13-15)25-23(27)20-14-22(16-9-11-17(24)12-10-16)26-21-8-3-2-7-19(20)21/h2-14H,1H3,(H,25,27). The molecule has 0 aliphatic rings. The zero-order valence-corrected chi connectivity index (χ0v) is 16.3. The highest BCUT2D eigenvalue weighted by Crippen LogP contribution is 2.26. The van der Waals surface area contributed by atoms with Gasteiger partial charge in [0.15, 0.2) is 0 Å². The number of carbonyl (C=O) groups is 1. The maximum Gasteiger partial charge on any atom is 0.256 e. The summed E-state index contributed by atoms with van der Waals surface area (Å²) in [4.78, 5) is 17.8. The molecule has 1 aromatic heterocycles. The number of nitrogens with one attached hydrogen (secondary N) is 1. The van der Waals surface area contributed by atoms with E-state index in [0.717, 1.165) is 37.9 Å². The number of benzene rings is 3. The molecule has 1 amide bonds. The average molecular weight is 417 g/mol. The Morgan fingerprint density at radius 3 is 2.48 bits per heavy atom. The van der Waals surface area contributed by atoms with E-state index in [1.165, 1.54) is 0 Å². The number of pyridine rings is 1. The predicted octanol–water partition coefficient (Wildman–Crippen LogP) is 6.23. The summed E-state index contributed by atoms with van der Waals surface area (Å²) < 4.78 is 1.00. The number of hydrogen-bond donors (Lipinski definition) is 1. The number of para-hydroxylation sites is 1. The fourth-order valence-corrected chi connectivity index (χ4v) is 3.32. The van der Waals surface area contributed by atoms with E-state index < -0.39 is 0 Å². The van der Waals surface area contributed by atoms with Gasteiger partial charge in [-0.25, -0.2) is 4.98 Å². The first-order valence-electron chi connectivity index (χ1n) is 8.64. The predicted molar refractivity (Wildman–Crippen MR) is 114 cm³/mol. The molecule has 27 heavy (non-hydrogen) atoms. The largest absolute Gasteiger partial charge is 0.322 e. The Labute approximate surface area is 166 Å². The van der Waals surface area contributed by atoms with Crippen molar-refractivity contribution in [1.82, 2.24) is 4.98 Å². The van der Waals surface area contributed by atoms with Gasteiger partial charge in [0.05, 0.1) is 16.8 Å². The van der Waals surface area contributed by atoms with Gasteiger partial charge in [-0.3, -0.25) is 4.79 Å². The summed E-state index contributed by atoms with van der Waals surface area (Å²) in [7, 11) is 0. The Kier molecular flexibility index (Phi) is 4.73. The van der Waals surface area contributed by atoms with Crippen molar-refractivity contribution in [3.05, 3.63) is 94.5 Å². The third kappa shape index (κ3) is 3.76. The number of carbonyl (C=O) groups excluding carboxylic acids is 1. The number of aryl methyl sites for hydroxylation is 1. The van der Waals surface area contributed by atoms with Crippen molar-refractivity contribution >= 4 is 38.4 Å². The summed E-state index contributed by atoms with van der Waals surface area (Å²) >= 11 is 3.45. The normalized spacial score (nSPS) is 10.7. The van der Waals surface area contributed by atoms with Crippen LogP contribution >= 0.6 is 15.9 Å². The monoisotopic (exact) mass is 416 g/mol. The minimum atomic E-state index is -0.141. The van der Waals surface area contributed by atoms with E-state index in [9.17, 15) is 4.79 Å². The Hall–Kier alpha value is -2.98. The smallest absolute Gasteiger partial charge is 0.256 e. The Balaban J connectivity index is 1.80. The van der Waals surface area contributed by atoms with Gasteiger partial charge >= 0.3 is 0 Å². The first kappa shape index (κ1) is 17.4. The van der Waals surface area contributed by atoms with Crippen LogP contribution in [0.4, 0.5) is 5.69 Å². The van der Waals surface area contributed by atoms with E-state index in [1.807, 2.05) is 85.8 Å². The molecule has 4 rings (SSSR count). The minimum absolute atomic E-state index is 0.141. The topological polar surface area (TPSA) is 42.0 Å². The second kappa shape index (κ2) is 7.33. The first-order valence-corrected chi connectivity index (χ1v) is 9.43. The molecule has 0 saturated heterocycles. The van der Waals surface area contributed by atoms with E-state index in [-0.39, 0.29) is 5.91 Å². The minimum Gasteiger partial charge on any atom is -0.322 e. The number of amides is 1. The molecule has 3 aromatic carbocycles. The van der Waals surface area contributed by atoms with Crippen molar-refractivity contribution in [2.24, 2.45) is 0 Å². The maximum absolute atomic E-state index is 13.0. The van der Waals surface area contributed by atoms with Gasteiger partial charge in [-0.05, 0) is 48.9 Å². The summed E-state index contributed by atoms with van der Waals surface area (Å²) in [5, 5.41) is 3.84. The van der Waals surface area contributed by atoms with Crippen LogP contribution < -0.4 is 5.32 Å². The molecule has 0 fully saturated rings. The van der Waals surface area contributed by atoms with Gasteiger partial charge in [0.1, 0.15) is 0 Å². The van der Waals surface area contributed by atoms with Crippen LogP contribution in [0.2, 0.25) is 0 Å². The number of rotatable bonds is 3. The average Bonchev–Trinajstić information content (AvgIpc) is 2.67. The van der Waals surface area contributed by atoms with Crippen LogP contribution in [0.1, 0.15) is 15.9 Å². The van der Waals surface area contributed by atoms with E-state index in [0.29, 0.717) is 5.56 Å². The van der Waals surface area contributed by atoms with Crippen molar-refractivity contribution in [2.75, 3.05) is 5.32 Å². The van der Waals surface area contributed by atoms with Gasteiger partial charge in [0.25, 0.3) is 5.91 Å². The summed E-state index contributed by atoms with van der Waals surface area (Å²) in [6.45, 7) is 2.00. The lowest BCUT2D eigenvalue weighted by atomic mass is 10.0. The zero-order valence-electron chi connectivity index (χ0n) is 14.7. The lowest BCUT2D eigenvalue weighted by Crippen LogP contribution is -2.13. The second-order valence-electron chi connectivity index (χ2n) is 6.40. The molecule has 132 valence electrons. The number of nitrogens with zero attached hydrogens (tertiary/aromatic N) is 1. The first-order chi connectivity index (χ1) is 13.1. The number of aromatic nitrogens is 1. The van der Waals surface area contributed by atoms with Crippen LogP contribution in [0.25, 0.3) is 22.2 Å². The van der Waals surface area contributed by atoms with E-state index in [4.69, 9.17) is 4.98 Å². The molecule has 0 bridgehead atoms. The highest BCUT2D eigenvalue weighted by Gasteiger charge is 2.14. The molecule has 0 aliphatic heterocycles. The van der Waals surface area contributed by atoms with Crippen LogP contribution in [0.3, 0.4) is 0 Å². The Morgan fingerprint density at radius 1 is 0.926 bits per heavy atom. The SMILES string of the molecule is Cc1cccc(NC(=O)c2cc(-c3ccc(Br)cc3)nc3ccccc23)c1. The Bertz CT molecular complexity index is 1140. The number of hydrogen-bond acceptors (Lipinski definition) is 2. The fourth-order valence-electron chi connectivity index (χ4n) is 3.05. The van der Waals surface area contributed by atoms with Gasteiger partial charge in [-0.2, -0.15) is 0 Å². The summed E-state index contributed by atoms with van der Waals surface area (Å²) in [6, 6.07) is 25.3. The molecule has 1 heterocycles. The van der Waals surface area contributed by atoms with E-state index in [1.54, 1.807) is 0 Å². The fraction of sp³-hybridized carbons (Fsp3) is 0.0435. The van der Waals surface area contributed by atoms with Crippen LogP contribution in [-0.4, -0.2) is 10.9 Å². The van der Waals surface area contributed by atoms with Crippen LogP contribution in [0.5, 0.6) is 0 Å². The summed E-state index contributed by atoms with van der Waals surface area (Å²) in [5.74, 6) is -0.141. The molecule has 0 atom stereocenters. The molecule has 3 nitrogen and oxygen atoms in total. The maximum atomic E-state index is 13.0. The third-order valence-corrected chi connectivity index (χ3v) is 4.91. The van der Waals surface area contributed by atoms with Crippen LogP contribution in [0, 0.1) is 6.92 Å². The number of anilines is 1. The van der Waals surface area contributed by atoms with Gasteiger partial charge in [-0.1, -0.05) is 58.4 Å². The molecule has 0 unspecified atom stereocenters.